The molecular formula is C12H17BrClN3O2. The maximum Gasteiger partial charge on any atom is 0.244 e. The van der Waals surface area contributed by atoms with Crippen LogP contribution in [-0.4, -0.2) is 18.4 Å². The zero-order chi connectivity index (χ0) is 13.7. The predicted octanol–water partition coefficient (Wildman–Crippen LogP) is 1.11. The molecule has 0 aliphatic heterocycles. The van der Waals surface area contributed by atoms with Gasteiger partial charge in [-0.15, -0.1) is 12.4 Å². The van der Waals surface area contributed by atoms with Crippen molar-refractivity contribution in [1.29, 1.82) is 0 Å². The van der Waals surface area contributed by atoms with E-state index in [1.54, 1.807) is 25.1 Å². The molecule has 2 unspecified atom stereocenters. The fourth-order valence-corrected chi connectivity index (χ4v) is 1.81. The van der Waals surface area contributed by atoms with E-state index in [-0.39, 0.29) is 30.8 Å². The predicted molar refractivity (Wildman–Crippen MR) is 79.7 cm³/mol. The Kier molecular flexibility index (Phi) is 7.66. The molecule has 1 rings (SSSR count). The Hall–Kier alpha value is -1.11. The molecule has 2 amide bonds. The fraction of sp³-hybridized carbons (Fsp3) is 0.333. The molecule has 7 heteroatoms. The Morgan fingerprint density at radius 3 is 2.53 bits per heavy atom. The Morgan fingerprint density at radius 1 is 1.42 bits per heavy atom. The first-order valence-corrected chi connectivity index (χ1v) is 6.30. The molecule has 19 heavy (non-hydrogen) atoms. The highest BCUT2D eigenvalue weighted by atomic mass is 79.9. The standard InChI is InChI=1S/C12H16BrN3O2.ClH/c1-7(6-14)12(18)16-10(11(15)17)8-3-2-4-9(13)5-8;/h2-5,7,10H,6,14H2,1H3,(H2,15,17)(H,16,18);1H. The van der Waals surface area contributed by atoms with Gasteiger partial charge in [0.1, 0.15) is 6.04 Å². The molecule has 1 aromatic rings. The van der Waals surface area contributed by atoms with Gasteiger partial charge in [0.05, 0.1) is 0 Å². The van der Waals surface area contributed by atoms with Crippen LogP contribution >= 0.6 is 28.3 Å². The number of benzene rings is 1. The van der Waals surface area contributed by atoms with Crippen LogP contribution in [0.4, 0.5) is 0 Å². The molecule has 5 N–H and O–H groups in total. The highest BCUT2D eigenvalue weighted by Gasteiger charge is 2.22. The summed E-state index contributed by atoms with van der Waals surface area (Å²) in [5, 5.41) is 2.60. The summed E-state index contributed by atoms with van der Waals surface area (Å²) in [6, 6.07) is 6.22. The van der Waals surface area contributed by atoms with Crippen LogP contribution in [0.2, 0.25) is 0 Å². The summed E-state index contributed by atoms with van der Waals surface area (Å²) in [4.78, 5) is 23.2. The third-order valence-electron chi connectivity index (χ3n) is 2.55. The maximum absolute atomic E-state index is 11.7. The molecule has 0 bridgehead atoms. The van der Waals surface area contributed by atoms with Crippen LogP contribution < -0.4 is 16.8 Å². The van der Waals surface area contributed by atoms with Crippen molar-refractivity contribution in [3.8, 4) is 0 Å². The fourth-order valence-electron chi connectivity index (χ4n) is 1.40. The topological polar surface area (TPSA) is 98.2 Å². The quantitative estimate of drug-likeness (QED) is 0.742. The molecule has 0 aliphatic rings. The van der Waals surface area contributed by atoms with Gasteiger partial charge in [-0.3, -0.25) is 9.59 Å². The first kappa shape index (κ1) is 17.9. The smallest absolute Gasteiger partial charge is 0.244 e. The number of primary amides is 1. The Balaban J connectivity index is 0.00000324. The van der Waals surface area contributed by atoms with E-state index in [9.17, 15) is 9.59 Å². The lowest BCUT2D eigenvalue weighted by atomic mass is 10.0. The van der Waals surface area contributed by atoms with Crippen LogP contribution in [0.3, 0.4) is 0 Å². The van der Waals surface area contributed by atoms with Gasteiger partial charge in [-0.05, 0) is 17.7 Å². The minimum absolute atomic E-state index is 0. The van der Waals surface area contributed by atoms with E-state index in [1.165, 1.54) is 0 Å². The monoisotopic (exact) mass is 349 g/mol. The van der Waals surface area contributed by atoms with Crippen LogP contribution in [0.1, 0.15) is 18.5 Å². The van der Waals surface area contributed by atoms with Gasteiger partial charge in [-0.2, -0.15) is 0 Å². The van der Waals surface area contributed by atoms with E-state index in [2.05, 4.69) is 21.2 Å². The normalized spacial score (nSPS) is 13.0. The second-order valence-electron chi connectivity index (χ2n) is 4.04. The van der Waals surface area contributed by atoms with Gasteiger partial charge in [0.15, 0.2) is 0 Å². The van der Waals surface area contributed by atoms with Crippen LogP contribution in [0, 0.1) is 5.92 Å². The molecule has 0 saturated heterocycles. The van der Waals surface area contributed by atoms with Gasteiger partial charge in [0.2, 0.25) is 11.8 Å². The number of nitrogens with one attached hydrogen (secondary N) is 1. The van der Waals surface area contributed by atoms with E-state index < -0.39 is 11.9 Å². The van der Waals surface area contributed by atoms with Crippen LogP contribution in [-0.2, 0) is 9.59 Å². The second-order valence-corrected chi connectivity index (χ2v) is 4.95. The van der Waals surface area contributed by atoms with Crippen molar-refractivity contribution in [3.63, 3.8) is 0 Å². The minimum atomic E-state index is -0.844. The number of rotatable bonds is 5. The maximum atomic E-state index is 11.7. The zero-order valence-electron chi connectivity index (χ0n) is 10.4. The molecule has 0 aromatic heterocycles. The van der Waals surface area contributed by atoms with E-state index in [4.69, 9.17) is 11.5 Å². The van der Waals surface area contributed by atoms with E-state index >= 15 is 0 Å². The van der Waals surface area contributed by atoms with Gasteiger partial charge < -0.3 is 16.8 Å². The summed E-state index contributed by atoms with van der Waals surface area (Å²) < 4.78 is 0.812. The van der Waals surface area contributed by atoms with Gasteiger partial charge in [0.25, 0.3) is 0 Å². The number of hydrogen-bond donors (Lipinski definition) is 3. The number of amides is 2. The summed E-state index contributed by atoms with van der Waals surface area (Å²) >= 11 is 3.30. The van der Waals surface area contributed by atoms with Crippen molar-refractivity contribution in [2.45, 2.75) is 13.0 Å². The van der Waals surface area contributed by atoms with Crippen molar-refractivity contribution in [2.75, 3.05) is 6.54 Å². The molecule has 0 fully saturated rings. The average molecular weight is 351 g/mol. The van der Waals surface area contributed by atoms with Crippen molar-refractivity contribution in [3.05, 3.63) is 34.3 Å². The number of nitrogens with two attached hydrogens (primary N) is 2. The summed E-state index contributed by atoms with van der Waals surface area (Å²) in [6.45, 7) is 1.91. The number of hydrogen-bond acceptors (Lipinski definition) is 3. The highest BCUT2D eigenvalue weighted by Crippen LogP contribution is 2.18. The highest BCUT2D eigenvalue weighted by molar-refractivity contribution is 9.10. The Bertz CT molecular complexity index is 456. The largest absolute Gasteiger partial charge is 0.368 e. The zero-order valence-corrected chi connectivity index (χ0v) is 12.8. The van der Waals surface area contributed by atoms with E-state index in [1.807, 2.05) is 6.07 Å². The molecule has 0 aliphatic carbocycles. The van der Waals surface area contributed by atoms with E-state index in [0.29, 0.717) is 5.56 Å². The van der Waals surface area contributed by atoms with Crippen molar-refractivity contribution < 1.29 is 9.59 Å². The van der Waals surface area contributed by atoms with Crippen molar-refractivity contribution in [1.82, 2.24) is 5.32 Å². The first-order chi connectivity index (χ1) is 8.45. The summed E-state index contributed by atoms with van der Waals surface area (Å²) in [7, 11) is 0. The number of halogens is 2. The number of carbonyl (C=O) groups excluding carboxylic acids is 2. The third-order valence-corrected chi connectivity index (χ3v) is 3.05. The SMILES string of the molecule is CC(CN)C(=O)NC(C(N)=O)c1cccc(Br)c1.Cl. The van der Waals surface area contributed by atoms with E-state index in [0.717, 1.165) is 4.47 Å². The molecule has 106 valence electrons. The molecule has 0 heterocycles. The van der Waals surface area contributed by atoms with Gasteiger partial charge >= 0.3 is 0 Å². The molecular weight excluding hydrogens is 334 g/mol. The van der Waals surface area contributed by atoms with Crippen LogP contribution in [0.5, 0.6) is 0 Å². The third kappa shape index (κ3) is 5.18. The van der Waals surface area contributed by atoms with Gasteiger partial charge in [0, 0.05) is 16.9 Å². The summed E-state index contributed by atoms with van der Waals surface area (Å²) in [6.07, 6.45) is 0. The number of carbonyl (C=O) groups is 2. The second kappa shape index (κ2) is 8.14. The summed E-state index contributed by atoms with van der Waals surface area (Å²) in [5.74, 6) is -1.26. The minimum Gasteiger partial charge on any atom is -0.368 e. The Morgan fingerprint density at radius 2 is 2.05 bits per heavy atom. The van der Waals surface area contributed by atoms with Crippen molar-refractivity contribution in [2.24, 2.45) is 17.4 Å². The van der Waals surface area contributed by atoms with Gasteiger partial charge in [-0.1, -0.05) is 35.0 Å². The molecule has 5 nitrogen and oxygen atoms in total. The molecule has 0 saturated carbocycles. The molecule has 0 radical (unpaired) electrons. The van der Waals surface area contributed by atoms with Crippen molar-refractivity contribution >= 4 is 40.2 Å². The summed E-state index contributed by atoms with van der Waals surface area (Å²) in [5.41, 5.74) is 11.3. The first-order valence-electron chi connectivity index (χ1n) is 5.51. The van der Waals surface area contributed by atoms with Crippen LogP contribution in [0.25, 0.3) is 0 Å². The lowest BCUT2D eigenvalue weighted by molar-refractivity contribution is -0.129. The lowest BCUT2D eigenvalue weighted by Gasteiger charge is -2.18. The molecule has 2 atom stereocenters. The molecule has 1 aromatic carbocycles. The average Bonchev–Trinajstić information content (AvgIpc) is 2.34. The molecule has 0 spiro atoms. The Labute approximate surface area is 126 Å². The lowest BCUT2D eigenvalue weighted by Crippen LogP contribution is -2.41. The van der Waals surface area contributed by atoms with Crippen LogP contribution in [0.15, 0.2) is 28.7 Å². The van der Waals surface area contributed by atoms with Gasteiger partial charge in [-0.25, -0.2) is 0 Å².